The summed E-state index contributed by atoms with van der Waals surface area (Å²) < 4.78 is 5.21. The van der Waals surface area contributed by atoms with Gasteiger partial charge in [-0.3, -0.25) is 9.59 Å². The summed E-state index contributed by atoms with van der Waals surface area (Å²) in [6.45, 7) is 5.66. The van der Waals surface area contributed by atoms with Crippen LogP contribution < -0.4 is 10.6 Å². The van der Waals surface area contributed by atoms with Crippen molar-refractivity contribution < 1.29 is 14.3 Å². The highest BCUT2D eigenvalue weighted by Crippen LogP contribution is 2.12. The van der Waals surface area contributed by atoms with Gasteiger partial charge >= 0.3 is 0 Å². The number of carbonyl (C=O) groups is 2. The second-order valence-electron chi connectivity index (χ2n) is 4.36. The summed E-state index contributed by atoms with van der Waals surface area (Å²) in [5.74, 6) is -0.141. The summed E-state index contributed by atoms with van der Waals surface area (Å²) in [7, 11) is 1.64. The van der Waals surface area contributed by atoms with Crippen LogP contribution in [-0.4, -0.2) is 62.1 Å². The summed E-state index contributed by atoms with van der Waals surface area (Å²) in [5, 5.41) is 5.83. The predicted octanol–water partition coefficient (Wildman–Crippen LogP) is -0.652. The zero-order chi connectivity index (χ0) is 13.5. The lowest BCUT2D eigenvalue weighted by molar-refractivity contribution is -0.137. The van der Waals surface area contributed by atoms with Crippen LogP contribution in [0, 0.1) is 0 Å². The van der Waals surface area contributed by atoms with E-state index in [0.717, 1.165) is 0 Å². The molecule has 2 atom stereocenters. The van der Waals surface area contributed by atoms with Gasteiger partial charge in [0.1, 0.15) is 0 Å². The van der Waals surface area contributed by atoms with Crippen molar-refractivity contribution in [1.29, 1.82) is 0 Å². The van der Waals surface area contributed by atoms with E-state index < -0.39 is 0 Å². The zero-order valence-electron chi connectivity index (χ0n) is 11.4. The summed E-state index contributed by atoms with van der Waals surface area (Å²) in [5.41, 5.74) is 0. The van der Waals surface area contributed by atoms with Gasteiger partial charge in [0.05, 0.1) is 18.7 Å². The highest BCUT2D eigenvalue weighted by molar-refractivity contribution is 5.87. The summed E-state index contributed by atoms with van der Waals surface area (Å²) in [6, 6.07) is -0.232. The molecule has 2 N–H and O–H groups in total. The molecule has 2 amide bonds. The Hall–Kier alpha value is -1.14. The molecule has 1 fully saturated rings. The molecule has 6 nitrogen and oxygen atoms in total. The Bertz CT molecular complexity index is 296. The summed E-state index contributed by atoms with van der Waals surface area (Å²) >= 11 is 0. The van der Waals surface area contributed by atoms with E-state index in [1.807, 2.05) is 13.8 Å². The predicted molar refractivity (Wildman–Crippen MR) is 68.1 cm³/mol. The molecule has 104 valence electrons. The molecular formula is C12H23N3O3. The van der Waals surface area contributed by atoms with Crippen LogP contribution in [0.4, 0.5) is 0 Å². The van der Waals surface area contributed by atoms with E-state index in [-0.39, 0.29) is 30.5 Å². The van der Waals surface area contributed by atoms with Crippen molar-refractivity contribution in [3.05, 3.63) is 0 Å². The van der Waals surface area contributed by atoms with E-state index in [0.29, 0.717) is 26.1 Å². The zero-order valence-corrected chi connectivity index (χ0v) is 11.4. The fraction of sp³-hybridized carbons (Fsp3) is 0.833. The van der Waals surface area contributed by atoms with Crippen molar-refractivity contribution in [1.82, 2.24) is 15.5 Å². The molecule has 18 heavy (non-hydrogen) atoms. The topological polar surface area (TPSA) is 70.7 Å². The van der Waals surface area contributed by atoms with E-state index in [9.17, 15) is 9.59 Å². The summed E-state index contributed by atoms with van der Waals surface area (Å²) in [4.78, 5) is 25.3. The Morgan fingerprint density at radius 3 is 2.67 bits per heavy atom. The standard InChI is InChI=1S/C12H23N3O3/c1-4-13-11(16)8-15(5-2)12(17)10-6-9(18-3)7-14-10/h9-10,14H,4-8H2,1-3H3,(H,13,16). The minimum Gasteiger partial charge on any atom is -0.380 e. The molecule has 1 saturated heterocycles. The lowest BCUT2D eigenvalue weighted by Gasteiger charge is -2.23. The molecule has 0 spiro atoms. The Balaban J connectivity index is 2.49. The Kier molecular flexibility index (Phi) is 6.07. The molecule has 1 heterocycles. The van der Waals surface area contributed by atoms with E-state index in [2.05, 4.69) is 10.6 Å². The summed E-state index contributed by atoms with van der Waals surface area (Å²) in [6.07, 6.45) is 0.753. The van der Waals surface area contributed by atoms with Gasteiger partial charge in [0.25, 0.3) is 0 Å². The number of hydrogen-bond donors (Lipinski definition) is 2. The van der Waals surface area contributed by atoms with Crippen molar-refractivity contribution in [3.63, 3.8) is 0 Å². The third-order valence-corrected chi connectivity index (χ3v) is 3.12. The number of hydrogen-bond acceptors (Lipinski definition) is 4. The molecular weight excluding hydrogens is 234 g/mol. The minimum atomic E-state index is -0.232. The minimum absolute atomic E-state index is 0.0247. The first-order chi connectivity index (χ1) is 8.62. The third kappa shape index (κ3) is 3.96. The number of ether oxygens (including phenoxy) is 1. The van der Waals surface area contributed by atoms with Crippen LogP contribution in [0.15, 0.2) is 0 Å². The van der Waals surface area contributed by atoms with E-state index in [4.69, 9.17) is 4.74 Å². The average Bonchev–Trinajstić information content (AvgIpc) is 2.84. The van der Waals surface area contributed by atoms with Crippen molar-refractivity contribution in [2.75, 3.05) is 33.3 Å². The highest BCUT2D eigenvalue weighted by Gasteiger charge is 2.32. The molecule has 0 aromatic heterocycles. The monoisotopic (exact) mass is 257 g/mol. The largest absolute Gasteiger partial charge is 0.380 e. The van der Waals surface area contributed by atoms with Crippen LogP contribution in [0.25, 0.3) is 0 Å². The van der Waals surface area contributed by atoms with Crippen molar-refractivity contribution >= 4 is 11.8 Å². The first-order valence-corrected chi connectivity index (χ1v) is 6.44. The number of carbonyl (C=O) groups excluding carboxylic acids is 2. The van der Waals surface area contributed by atoms with Crippen LogP contribution in [0.3, 0.4) is 0 Å². The number of likely N-dealkylation sites (N-methyl/N-ethyl adjacent to an activating group) is 2. The first kappa shape index (κ1) is 14.9. The van der Waals surface area contributed by atoms with Crippen LogP contribution >= 0.6 is 0 Å². The van der Waals surface area contributed by atoms with Gasteiger partial charge in [-0.15, -0.1) is 0 Å². The SMILES string of the molecule is CCNC(=O)CN(CC)C(=O)C1CC(OC)CN1. The molecule has 0 bridgehead atoms. The maximum absolute atomic E-state index is 12.2. The number of amides is 2. The molecule has 0 aliphatic carbocycles. The Labute approximate surface area is 108 Å². The molecule has 6 heteroatoms. The van der Waals surface area contributed by atoms with Gasteiger partial charge in [-0.05, 0) is 20.3 Å². The lowest BCUT2D eigenvalue weighted by atomic mass is 10.1. The molecule has 2 unspecified atom stereocenters. The Morgan fingerprint density at radius 2 is 2.17 bits per heavy atom. The second kappa shape index (κ2) is 7.33. The second-order valence-corrected chi connectivity index (χ2v) is 4.36. The normalized spacial score (nSPS) is 22.8. The van der Waals surface area contributed by atoms with E-state index in [1.165, 1.54) is 0 Å². The number of nitrogens with one attached hydrogen (secondary N) is 2. The number of rotatable bonds is 6. The molecule has 1 rings (SSSR count). The maximum atomic E-state index is 12.2. The smallest absolute Gasteiger partial charge is 0.240 e. The van der Waals surface area contributed by atoms with Gasteiger partial charge < -0.3 is 20.3 Å². The van der Waals surface area contributed by atoms with E-state index >= 15 is 0 Å². The van der Waals surface area contributed by atoms with Crippen molar-refractivity contribution in [3.8, 4) is 0 Å². The van der Waals surface area contributed by atoms with Crippen LogP contribution in [0.5, 0.6) is 0 Å². The van der Waals surface area contributed by atoms with Gasteiger partial charge in [0, 0.05) is 26.7 Å². The van der Waals surface area contributed by atoms with Gasteiger partial charge in [0.15, 0.2) is 0 Å². The van der Waals surface area contributed by atoms with Gasteiger partial charge in [0.2, 0.25) is 11.8 Å². The van der Waals surface area contributed by atoms with Crippen molar-refractivity contribution in [2.45, 2.75) is 32.4 Å². The quantitative estimate of drug-likeness (QED) is 0.663. The molecule has 0 aromatic carbocycles. The lowest BCUT2D eigenvalue weighted by Crippen LogP contribution is -2.47. The fourth-order valence-electron chi connectivity index (χ4n) is 2.06. The third-order valence-electron chi connectivity index (χ3n) is 3.12. The van der Waals surface area contributed by atoms with E-state index in [1.54, 1.807) is 12.0 Å². The van der Waals surface area contributed by atoms with Gasteiger partial charge in [-0.1, -0.05) is 0 Å². The molecule has 0 aromatic rings. The maximum Gasteiger partial charge on any atom is 0.240 e. The van der Waals surface area contributed by atoms with Crippen LogP contribution in [0.2, 0.25) is 0 Å². The van der Waals surface area contributed by atoms with Crippen molar-refractivity contribution in [2.24, 2.45) is 0 Å². The molecule has 0 radical (unpaired) electrons. The first-order valence-electron chi connectivity index (χ1n) is 6.44. The fourth-order valence-corrected chi connectivity index (χ4v) is 2.06. The number of methoxy groups -OCH3 is 1. The Morgan fingerprint density at radius 1 is 1.44 bits per heavy atom. The molecule has 1 aliphatic heterocycles. The average molecular weight is 257 g/mol. The van der Waals surface area contributed by atoms with Gasteiger partial charge in [-0.25, -0.2) is 0 Å². The van der Waals surface area contributed by atoms with Crippen LogP contribution in [-0.2, 0) is 14.3 Å². The number of nitrogens with zero attached hydrogens (tertiary/aromatic N) is 1. The van der Waals surface area contributed by atoms with Gasteiger partial charge in [-0.2, -0.15) is 0 Å². The molecule has 0 saturated carbocycles. The molecule has 1 aliphatic rings. The van der Waals surface area contributed by atoms with Crippen LogP contribution in [0.1, 0.15) is 20.3 Å². The highest BCUT2D eigenvalue weighted by atomic mass is 16.5.